The van der Waals surface area contributed by atoms with E-state index < -0.39 is 12.0 Å². The summed E-state index contributed by atoms with van der Waals surface area (Å²) in [5.41, 5.74) is 1.57. The topological polar surface area (TPSA) is 97.0 Å². The van der Waals surface area contributed by atoms with Crippen molar-refractivity contribution in [3.05, 3.63) is 35.4 Å². The van der Waals surface area contributed by atoms with Gasteiger partial charge in [0.1, 0.15) is 12.6 Å². The highest BCUT2D eigenvalue weighted by Crippen LogP contribution is 2.22. The molecule has 1 aromatic carbocycles. The molecule has 8 nitrogen and oxygen atoms in total. The van der Waals surface area contributed by atoms with Gasteiger partial charge in [0.15, 0.2) is 5.11 Å². The van der Waals surface area contributed by atoms with E-state index in [1.165, 1.54) is 0 Å². The van der Waals surface area contributed by atoms with Crippen LogP contribution in [0.4, 0.5) is 0 Å². The minimum Gasteiger partial charge on any atom is -0.463 e. The zero-order valence-electron chi connectivity index (χ0n) is 18.8. The average molecular weight is 462 g/mol. The molecule has 0 radical (unpaired) electrons. The lowest BCUT2D eigenvalue weighted by atomic mass is 9.87. The first-order valence-electron chi connectivity index (χ1n) is 10.9. The molecule has 2 aliphatic heterocycles. The van der Waals surface area contributed by atoms with Gasteiger partial charge in [-0.15, -0.1) is 0 Å². The van der Waals surface area contributed by atoms with Crippen LogP contribution >= 0.6 is 12.2 Å². The third-order valence-electron chi connectivity index (χ3n) is 5.64. The Labute approximate surface area is 194 Å². The Kier molecular flexibility index (Phi) is 7.84. The van der Waals surface area contributed by atoms with Crippen LogP contribution in [0.1, 0.15) is 56.0 Å². The van der Waals surface area contributed by atoms with Crippen molar-refractivity contribution >= 4 is 35.1 Å². The number of hydrogen-bond donors (Lipinski definition) is 2. The van der Waals surface area contributed by atoms with Gasteiger partial charge in [-0.05, 0) is 48.2 Å². The fourth-order valence-corrected chi connectivity index (χ4v) is 4.01. The largest absolute Gasteiger partial charge is 0.463 e. The fraction of sp³-hybridized carbons (Fsp3) is 0.565. The van der Waals surface area contributed by atoms with E-state index in [1.807, 2.05) is 12.1 Å². The lowest BCUT2D eigenvalue weighted by Crippen LogP contribution is -2.60. The van der Waals surface area contributed by atoms with Crippen LogP contribution in [0.5, 0.6) is 0 Å². The maximum Gasteiger partial charge on any atom is 0.308 e. The number of esters is 1. The molecule has 9 heteroatoms. The van der Waals surface area contributed by atoms with E-state index in [1.54, 1.807) is 17.0 Å². The zero-order valence-corrected chi connectivity index (χ0v) is 19.6. The Morgan fingerprint density at radius 1 is 1.28 bits per heavy atom. The molecular weight excluding hydrogens is 430 g/mol. The monoisotopic (exact) mass is 461 g/mol. The zero-order chi connectivity index (χ0) is 23.3. The molecule has 1 aromatic rings. The molecule has 0 unspecified atom stereocenters. The molecule has 2 atom stereocenters. The lowest BCUT2D eigenvalue weighted by molar-refractivity contribution is -0.150. The number of ether oxygens (including phenoxy) is 2. The van der Waals surface area contributed by atoms with E-state index in [-0.39, 0.29) is 41.5 Å². The Hall–Kier alpha value is -2.52. The second-order valence-electron chi connectivity index (χ2n) is 9.11. The number of rotatable bonds is 5. The van der Waals surface area contributed by atoms with E-state index in [2.05, 4.69) is 31.4 Å². The summed E-state index contributed by atoms with van der Waals surface area (Å²) in [6.07, 6.45) is 1.57. The number of hydrogen-bond acceptors (Lipinski definition) is 6. The van der Waals surface area contributed by atoms with Gasteiger partial charge in [-0.3, -0.25) is 19.7 Å². The van der Waals surface area contributed by atoms with Crippen molar-refractivity contribution in [2.75, 3.05) is 26.3 Å². The molecule has 2 amide bonds. The van der Waals surface area contributed by atoms with E-state index in [0.717, 1.165) is 18.4 Å². The predicted molar refractivity (Wildman–Crippen MR) is 123 cm³/mol. The summed E-state index contributed by atoms with van der Waals surface area (Å²) < 4.78 is 10.7. The average Bonchev–Trinajstić information content (AvgIpc) is 3.27. The first-order valence-corrected chi connectivity index (χ1v) is 11.3. The van der Waals surface area contributed by atoms with Gasteiger partial charge in [0.05, 0.1) is 12.5 Å². The molecule has 2 N–H and O–H groups in total. The number of carbonyl (C=O) groups is 3. The van der Waals surface area contributed by atoms with Gasteiger partial charge in [0.25, 0.3) is 5.91 Å². The van der Waals surface area contributed by atoms with Crippen molar-refractivity contribution in [2.24, 2.45) is 0 Å². The number of thiocarbonyl (C=S) groups is 1. The van der Waals surface area contributed by atoms with Gasteiger partial charge in [0.2, 0.25) is 5.91 Å². The van der Waals surface area contributed by atoms with Gasteiger partial charge in [0, 0.05) is 25.3 Å². The maximum absolute atomic E-state index is 12.7. The van der Waals surface area contributed by atoms with E-state index in [4.69, 9.17) is 21.7 Å². The Morgan fingerprint density at radius 2 is 2.00 bits per heavy atom. The highest BCUT2D eigenvalue weighted by molar-refractivity contribution is 7.80. The quantitative estimate of drug-likeness (QED) is 0.511. The smallest absolute Gasteiger partial charge is 0.308 e. The predicted octanol–water partition coefficient (Wildman–Crippen LogP) is 1.91. The summed E-state index contributed by atoms with van der Waals surface area (Å²) in [6.45, 7) is 7.92. The molecule has 3 rings (SSSR count). The highest BCUT2D eigenvalue weighted by atomic mass is 32.1. The highest BCUT2D eigenvalue weighted by Gasteiger charge is 2.34. The molecular formula is C23H31N3O5S. The first-order chi connectivity index (χ1) is 15.1. The molecule has 0 bridgehead atoms. The van der Waals surface area contributed by atoms with E-state index in [0.29, 0.717) is 25.3 Å². The van der Waals surface area contributed by atoms with Crippen LogP contribution in [-0.4, -0.2) is 66.2 Å². The molecule has 2 aliphatic rings. The van der Waals surface area contributed by atoms with Crippen molar-refractivity contribution in [2.45, 2.75) is 57.6 Å². The number of nitrogens with one attached hydrogen (secondary N) is 2. The van der Waals surface area contributed by atoms with E-state index >= 15 is 0 Å². The van der Waals surface area contributed by atoms with Crippen molar-refractivity contribution in [3.63, 3.8) is 0 Å². The standard InChI is InChI=1S/C23H31N3O5S/c1-23(2,3)16-8-6-15(7-9-16)20(28)25-22(32)26-11-10-24-21(29)18(26)13-19(27)31-14-17-5-4-12-30-17/h6-9,17-18H,4-5,10-14H2,1-3H3,(H,24,29)(H,25,28,32)/t17-,18+/m0/s1. The normalized spacial score (nSPS) is 21.1. The Bertz CT molecular complexity index is 859. The molecule has 0 spiro atoms. The van der Waals surface area contributed by atoms with Crippen LogP contribution in [-0.2, 0) is 24.5 Å². The summed E-state index contributed by atoms with van der Waals surface area (Å²) in [4.78, 5) is 39.0. The van der Waals surface area contributed by atoms with Crippen LogP contribution in [0.15, 0.2) is 24.3 Å². The van der Waals surface area contributed by atoms with Crippen LogP contribution in [0, 0.1) is 0 Å². The minimum absolute atomic E-state index is 0.0167. The lowest BCUT2D eigenvalue weighted by Gasteiger charge is -2.36. The minimum atomic E-state index is -0.836. The number of piperazine rings is 1. The molecule has 2 heterocycles. The summed E-state index contributed by atoms with van der Waals surface area (Å²) in [5, 5.41) is 5.54. The van der Waals surface area contributed by atoms with Gasteiger partial charge in [-0.1, -0.05) is 32.9 Å². The van der Waals surface area contributed by atoms with Crippen molar-refractivity contribution in [1.29, 1.82) is 0 Å². The van der Waals surface area contributed by atoms with Crippen molar-refractivity contribution in [1.82, 2.24) is 15.5 Å². The SMILES string of the molecule is CC(C)(C)c1ccc(C(=O)NC(=S)N2CCNC(=O)[C@H]2CC(=O)OC[C@@H]2CCCO2)cc1. The molecule has 0 saturated carbocycles. The first kappa shape index (κ1) is 24.1. The summed E-state index contributed by atoms with van der Waals surface area (Å²) in [7, 11) is 0. The van der Waals surface area contributed by atoms with Gasteiger partial charge in [-0.2, -0.15) is 0 Å². The number of carbonyl (C=O) groups excluding carboxylic acids is 3. The van der Waals surface area contributed by atoms with Crippen LogP contribution in [0.25, 0.3) is 0 Å². The van der Waals surface area contributed by atoms with Gasteiger partial charge in [-0.25, -0.2) is 0 Å². The maximum atomic E-state index is 12.7. The molecule has 32 heavy (non-hydrogen) atoms. The summed E-state index contributed by atoms with van der Waals surface area (Å²) in [6, 6.07) is 6.50. The summed E-state index contributed by atoms with van der Waals surface area (Å²) >= 11 is 5.41. The van der Waals surface area contributed by atoms with Gasteiger partial charge < -0.3 is 19.7 Å². The molecule has 0 aromatic heterocycles. The second kappa shape index (κ2) is 10.4. The van der Waals surface area contributed by atoms with Gasteiger partial charge >= 0.3 is 5.97 Å². The molecule has 2 saturated heterocycles. The van der Waals surface area contributed by atoms with Crippen LogP contribution in [0.3, 0.4) is 0 Å². The number of benzene rings is 1. The third kappa shape index (κ3) is 6.26. The summed E-state index contributed by atoms with van der Waals surface area (Å²) in [5.74, 6) is -1.18. The molecule has 174 valence electrons. The van der Waals surface area contributed by atoms with Crippen molar-refractivity contribution < 1.29 is 23.9 Å². The van der Waals surface area contributed by atoms with E-state index in [9.17, 15) is 14.4 Å². The Balaban J connectivity index is 1.59. The number of amides is 2. The van der Waals surface area contributed by atoms with Crippen LogP contribution in [0.2, 0.25) is 0 Å². The molecule has 0 aliphatic carbocycles. The molecule has 2 fully saturated rings. The number of nitrogens with zero attached hydrogens (tertiary/aromatic N) is 1. The fourth-order valence-electron chi connectivity index (χ4n) is 3.70. The van der Waals surface area contributed by atoms with Crippen LogP contribution < -0.4 is 10.6 Å². The third-order valence-corrected chi connectivity index (χ3v) is 5.98. The van der Waals surface area contributed by atoms with Crippen molar-refractivity contribution in [3.8, 4) is 0 Å². The Morgan fingerprint density at radius 3 is 2.62 bits per heavy atom. The second-order valence-corrected chi connectivity index (χ2v) is 9.50.